The van der Waals surface area contributed by atoms with Crippen molar-refractivity contribution in [1.29, 1.82) is 0 Å². The van der Waals surface area contributed by atoms with Gasteiger partial charge in [-0.15, -0.1) is 0 Å². The van der Waals surface area contributed by atoms with Gasteiger partial charge in [-0.2, -0.15) is 0 Å². The maximum atomic E-state index is 2.34. The maximum absolute atomic E-state index is 2.34. The first-order chi connectivity index (χ1) is 5.33. The van der Waals surface area contributed by atoms with Crippen molar-refractivity contribution in [1.82, 2.24) is 0 Å². The van der Waals surface area contributed by atoms with Crippen molar-refractivity contribution >= 4 is 31.6 Å². The summed E-state index contributed by atoms with van der Waals surface area (Å²) in [5.41, 5.74) is 2.87. The molecule has 1 aliphatic heterocycles. The average Bonchev–Trinajstić information content (AvgIpc) is 2.45. The van der Waals surface area contributed by atoms with Crippen LogP contribution in [0.15, 0.2) is 9.94 Å². The second-order valence-electron chi connectivity index (χ2n) is 2.73. The predicted octanol–water partition coefficient (Wildman–Crippen LogP) is 1.95. The van der Waals surface area contributed by atoms with Gasteiger partial charge in [0.05, 0.1) is 0 Å². The van der Waals surface area contributed by atoms with Gasteiger partial charge in [-0.3, -0.25) is 0 Å². The van der Waals surface area contributed by atoms with Crippen molar-refractivity contribution in [3.05, 3.63) is 9.94 Å². The van der Waals surface area contributed by atoms with Crippen LogP contribution in [0.3, 0.4) is 0 Å². The van der Waals surface area contributed by atoms with Crippen LogP contribution in [0.4, 0.5) is 0 Å². The molecule has 0 aromatic carbocycles. The number of allylic oxidation sites excluding steroid dienone is 2. The summed E-state index contributed by atoms with van der Waals surface area (Å²) in [5.74, 6) is 0. The topological polar surface area (TPSA) is 0 Å². The third-order valence-electron chi connectivity index (χ3n) is 2.08. The zero-order chi connectivity index (χ0) is 8.27. The molecule has 62 valence electrons. The minimum atomic E-state index is 0.924. The number of hydrogen-bond donors (Lipinski definition) is 0. The van der Waals surface area contributed by atoms with Crippen molar-refractivity contribution in [2.45, 2.75) is 39.9 Å². The molecule has 0 aromatic heterocycles. The quantitative estimate of drug-likeness (QED) is 0.693. The fourth-order valence-electron chi connectivity index (χ4n) is 1.43. The van der Waals surface area contributed by atoms with Gasteiger partial charge in [0.2, 0.25) is 0 Å². The summed E-state index contributed by atoms with van der Waals surface area (Å²) in [6.07, 6.45) is 4.06. The molecular weight excluding hydrogens is 265 g/mol. The molecule has 0 spiro atoms. The summed E-state index contributed by atoms with van der Waals surface area (Å²) in [6.45, 7) is 6.99. The first-order valence-electron chi connectivity index (χ1n) is 4.38. The fraction of sp³-hybridized carbons (Fsp3) is 0.750. The molecule has 0 aromatic rings. The molecule has 0 bridgehead atoms. The molecule has 0 fully saturated rings. The normalized spacial score (nSPS) is 18.3. The van der Waals surface area contributed by atoms with Gasteiger partial charge in [0.15, 0.2) is 0 Å². The predicted molar refractivity (Wildman–Crippen MR) is 55.4 cm³/mol. The van der Waals surface area contributed by atoms with Crippen LogP contribution in [-0.4, -0.2) is 31.6 Å². The van der Waals surface area contributed by atoms with E-state index in [1.807, 2.05) is 9.94 Å². The van der Waals surface area contributed by atoms with Crippen LogP contribution >= 0.6 is 0 Å². The van der Waals surface area contributed by atoms with Crippen LogP contribution in [0.5, 0.6) is 0 Å². The minimum absolute atomic E-state index is 0.924. The van der Waals surface area contributed by atoms with E-state index in [9.17, 15) is 0 Å². The van der Waals surface area contributed by atoms with Gasteiger partial charge in [0.1, 0.15) is 0 Å². The summed E-state index contributed by atoms with van der Waals surface area (Å²) in [4.78, 5) is 0. The van der Waals surface area contributed by atoms with Crippen molar-refractivity contribution in [2.75, 3.05) is 0 Å². The summed E-state index contributed by atoms with van der Waals surface area (Å²) < 4.78 is 1.85. The van der Waals surface area contributed by atoms with Crippen LogP contribution in [0, 0.1) is 0 Å². The SMILES string of the molecule is CCB1[Se][Se]C(CC)=C1CC. The zero-order valence-corrected chi connectivity index (χ0v) is 10.9. The Balaban J connectivity index is 2.70. The first-order valence-corrected chi connectivity index (χ1v) is 10.6. The van der Waals surface area contributed by atoms with E-state index in [1.165, 1.54) is 19.2 Å². The molecule has 0 saturated heterocycles. The van der Waals surface area contributed by atoms with Crippen molar-refractivity contribution in [2.24, 2.45) is 0 Å². The average molecular weight is 280 g/mol. The molecule has 0 unspecified atom stereocenters. The molecule has 1 rings (SSSR count). The van der Waals surface area contributed by atoms with Gasteiger partial charge in [-0.05, 0) is 0 Å². The van der Waals surface area contributed by atoms with E-state index in [-0.39, 0.29) is 0 Å². The van der Waals surface area contributed by atoms with E-state index in [0.29, 0.717) is 0 Å². The number of hydrogen-bond acceptors (Lipinski definition) is 0. The zero-order valence-electron chi connectivity index (χ0n) is 7.52. The Labute approximate surface area is 81.4 Å². The van der Waals surface area contributed by atoms with Crippen LogP contribution < -0.4 is 0 Å². The van der Waals surface area contributed by atoms with Gasteiger partial charge < -0.3 is 0 Å². The van der Waals surface area contributed by atoms with Crippen LogP contribution in [0.2, 0.25) is 6.32 Å². The summed E-state index contributed by atoms with van der Waals surface area (Å²) in [6, 6.07) is 0. The second-order valence-corrected chi connectivity index (χ2v) is 9.63. The third-order valence-corrected chi connectivity index (χ3v) is 11.4. The van der Waals surface area contributed by atoms with Gasteiger partial charge >= 0.3 is 81.5 Å². The summed E-state index contributed by atoms with van der Waals surface area (Å²) in [7, 11) is 0. The van der Waals surface area contributed by atoms with E-state index in [2.05, 4.69) is 20.8 Å². The Bertz CT molecular complexity index is 165. The molecule has 0 radical (unpaired) electrons. The molecule has 0 aliphatic carbocycles. The second kappa shape index (κ2) is 4.77. The summed E-state index contributed by atoms with van der Waals surface area (Å²) >= 11 is 1.90. The van der Waals surface area contributed by atoms with Crippen molar-refractivity contribution in [3.63, 3.8) is 0 Å². The molecule has 0 N–H and O–H groups in total. The fourth-order valence-corrected chi connectivity index (χ4v) is 12.3. The van der Waals surface area contributed by atoms with E-state index in [0.717, 1.165) is 31.6 Å². The van der Waals surface area contributed by atoms with Gasteiger partial charge in [0.25, 0.3) is 0 Å². The van der Waals surface area contributed by atoms with E-state index >= 15 is 0 Å². The molecule has 0 saturated carbocycles. The van der Waals surface area contributed by atoms with Gasteiger partial charge in [-0.1, -0.05) is 0 Å². The van der Waals surface area contributed by atoms with Crippen LogP contribution in [0.25, 0.3) is 0 Å². The standard InChI is InChI=1S/C8H15BSe2/c1-4-7-8(5-2)10-11-9(7)6-3/h4-6H2,1-3H3. The van der Waals surface area contributed by atoms with Crippen molar-refractivity contribution < 1.29 is 0 Å². The molecule has 0 nitrogen and oxygen atoms in total. The molecule has 3 heteroatoms. The molecule has 0 amide bonds. The number of rotatable bonds is 3. The van der Waals surface area contributed by atoms with Gasteiger partial charge in [-0.25, -0.2) is 0 Å². The summed E-state index contributed by atoms with van der Waals surface area (Å²) in [5, 5.41) is 0. The molecule has 0 atom stereocenters. The Hall–Kier alpha value is 0.844. The Kier molecular flexibility index (Phi) is 4.30. The van der Waals surface area contributed by atoms with Crippen LogP contribution in [0.1, 0.15) is 33.6 Å². The Morgan fingerprint density at radius 1 is 1.18 bits per heavy atom. The molecule has 1 heterocycles. The van der Waals surface area contributed by atoms with E-state index in [4.69, 9.17) is 0 Å². The molecule has 1 aliphatic rings. The Morgan fingerprint density at radius 2 is 1.91 bits per heavy atom. The Morgan fingerprint density at radius 3 is 2.36 bits per heavy atom. The third kappa shape index (κ3) is 2.15. The van der Waals surface area contributed by atoms with Crippen molar-refractivity contribution in [3.8, 4) is 0 Å². The van der Waals surface area contributed by atoms with Crippen LogP contribution in [-0.2, 0) is 0 Å². The molecular formula is C8H15BSe2. The monoisotopic (exact) mass is 282 g/mol. The molecule has 11 heavy (non-hydrogen) atoms. The van der Waals surface area contributed by atoms with Gasteiger partial charge in [0, 0.05) is 0 Å². The van der Waals surface area contributed by atoms with E-state index in [1.54, 1.807) is 0 Å². The first kappa shape index (κ1) is 9.93. The van der Waals surface area contributed by atoms with E-state index < -0.39 is 0 Å².